The van der Waals surface area contributed by atoms with Crippen LogP contribution in [-0.4, -0.2) is 81.0 Å². The van der Waals surface area contributed by atoms with Gasteiger partial charge in [-0.2, -0.15) is 12.7 Å². The average Bonchev–Trinajstić information content (AvgIpc) is 2.83. The highest BCUT2D eigenvalue weighted by Crippen LogP contribution is 2.17. The molecule has 2 atom stereocenters. The Labute approximate surface area is 216 Å². The van der Waals surface area contributed by atoms with Crippen molar-refractivity contribution in [3.8, 4) is 0 Å². The van der Waals surface area contributed by atoms with Crippen molar-refractivity contribution in [2.45, 2.75) is 84.6 Å². The molecule has 0 saturated carbocycles. The maximum atomic E-state index is 12.9. The smallest absolute Gasteiger partial charge is 0.304 e. The van der Waals surface area contributed by atoms with Gasteiger partial charge in [-0.1, -0.05) is 65.7 Å². The van der Waals surface area contributed by atoms with E-state index in [0.717, 1.165) is 25.7 Å². The fourth-order valence-corrected chi connectivity index (χ4v) is 5.22. The van der Waals surface area contributed by atoms with Gasteiger partial charge in [0.2, 0.25) is 11.8 Å². The van der Waals surface area contributed by atoms with Crippen LogP contribution in [0.5, 0.6) is 0 Å². The Bertz CT molecular complexity index is 770. The Morgan fingerprint density at radius 3 is 2.14 bits per heavy atom. The average molecular weight is 535 g/mol. The molecule has 1 aliphatic rings. The van der Waals surface area contributed by atoms with Gasteiger partial charge in [-0.25, -0.2) is 4.72 Å². The number of amides is 2. The van der Waals surface area contributed by atoms with E-state index in [1.54, 1.807) is 13.8 Å². The van der Waals surface area contributed by atoms with Gasteiger partial charge in [0.15, 0.2) is 0 Å². The number of hydrogen-bond acceptors (Lipinski definition) is 6. The molecule has 0 bridgehead atoms. The quantitative estimate of drug-likeness (QED) is 0.184. The number of aliphatic carboxylic acids is 1. The lowest BCUT2D eigenvalue weighted by Crippen LogP contribution is -2.53. The third-order valence-corrected chi connectivity index (χ3v) is 7.83. The first kappa shape index (κ1) is 32.3. The van der Waals surface area contributed by atoms with Crippen LogP contribution in [0.15, 0.2) is 0 Å². The van der Waals surface area contributed by atoms with E-state index >= 15 is 0 Å². The monoisotopic (exact) mass is 534 g/mol. The lowest BCUT2D eigenvalue weighted by atomic mass is 9.94. The lowest BCUT2D eigenvalue weighted by Gasteiger charge is -2.26. The fraction of sp³-hybridized carbons (Fsp3) is 0.875. The minimum absolute atomic E-state index is 0.00405. The van der Waals surface area contributed by atoms with Crippen LogP contribution in [0.1, 0.15) is 78.6 Å². The number of nitrogens with zero attached hydrogens (tertiary/aromatic N) is 1. The molecule has 0 aromatic heterocycles. The van der Waals surface area contributed by atoms with Crippen molar-refractivity contribution in [1.29, 1.82) is 0 Å². The van der Waals surface area contributed by atoms with E-state index < -0.39 is 40.0 Å². The summed E-state index contributed by atoms with van der Waals surface area (Å²) in [4.78, 5) is 36.9. The van der Waals surface area contributed by atoms with Crippen LogP contribution in [0.3, 0.4) is 0 Å². The number of carbonyl (C=O) groups is 3. The molecular formula is C24H46N4O7S. The first-order valence-corrected chi connectivity index (χ1v) is 14.6. The number of rotatable bonds is 19. The molecule has 0 unspecified atom stereocenters. The second kappa shape index (κ2) is 17.7. The number of carbonyl (C=O) groups excluding carboxylic acids is 2. The van der Waals surface area contributed by atoms with Crippen molar-refractivity contribution in [3.63, 3.8) is 0 Å². The molecule has 12 heteroatoms. The number of carboxylic acids is 1. The summed E-state index contributed by atoms with van der Waals surface area (Å²) in [7, 11) is -3.65. The molecule has 1 saturated heterocycles. The van der Waals surface area contributed by atoms with Crippen molar-refractivity contribution in [3.05, 3.63) is 0 Å². The van der Waals surface area contributed by atoms with Crippen LogP contribution in [0, 0.1) is 11.8 Å². The Morgan fingerprint density at radius 2 is 1.56 bits per heavy atom. The number of unbranched alkanes of at least 4 members (excludes halogenated alkanes) is 6. The second-order valence-corrected chi connectivity index (χ2v) is 11.4. The van der Waals surface area contributed by atoms with Crippen LogP contribution in [0.4, 0.5) is 0 Å². The van der Waals surface area contributed by atoms with E-state index in [1.165, 1.54) is 23.6 Å². The van der Waals surface area contributed by atoms with E-state index in [2.05, 4.69) is 22.3 Å². The van der Waals surface area contributed by atoms with Gasteiger partial charge in [0.25, 0.3) is 10.2 Å². The molecule has 210 valence electrons. The Balaban J connectivity index is 2.52. The first-order chi connectivity index (χ1) is 17.1. The molecule has 11 nitrogen and oxygen atoms in total. The van der Waals surface area contributed by atoms with Gasteiger partial charge in [0, 0.05) is 32.1 Å². The normalized spacial score (nSPS) is 16.4. The van der Waals surface area contributed by atoms with Crippen LogP contribution in [-0.2, 0) is 29.3 Å². The summed E-state index contributed by atoms with van der Waals surface area (Å²) >= 11 is 0. The van der Waals surface area contributed by atoms with Crippen LogP contribution in [0.25, 0.3) is 0 Å². The summed E-state index contributed by atoms with van der Waals surface area (Å²) in [6.07, 6.45) is 7.67. The molecule has 1 fully saturated rings. The molecule has 0 aliphatic carbocycles. The van der Waals surface area contributed by atoms with Crippen molar-refractivity contribution in [2.75, 3.05) is 39.4 Å². The minimum Gasteiger partial charge on any atom is -0.481 e. The summed E-state index contributed by atoms with van der Waals surface area (Å²) < 4.78 is 33.5. The molecular weight excluding hydrogens is 488 g/mol. The van der Waals surface area contributed by atoms with Gasteiger partial charge >= 0.3 is 5.97 Å². The molecule has 36 heavy (non-hydrogen) atoms. The van der Waals surface area contributed by atoms with Gasteiger partial charge in [0.05, 0.1) is 19.6 Å². The summed E-state index contributed by atoms with van der Waals surface area (Å²) in [5.41, 5.74) is 0. The number of morpholine rings is 1. The third kappa shape index (κ3) is 13.0. The third-order valence-electron chi connectivity index (χ3n) is 6.21. The Hall–Kier alpha value is -1.76. The highest BCUT2D eigenvalue weighted by molar-refractivity contribution is 7.87. The number of ether oxygens (including phenoxy) is 1. The molecule has 0 aromatic rings. The Kier molecular flexibility index (Phi) is 15.8. The van der Waals surface area contributed by atoms with Crippen LogP contribution >= 0.6 is 0 Å². The highest BCUT2D eigenvalue weighted by atomic mass is 32.2. The first-order valence-electron chi connectivity index (χ1n) is 13.2. The SMILES string of the molecule is CCCCCCCCC[C@H](CC(=O)O)C(=O)N[C@@H](C(=O)NCCNS(=O)(=O)N1CCOCC1)C(C)C. The van der Waals surface area contributed by atoms with Crippen molar-refractivity contribution in [1.82, 2.24) is 19.7 Å². The van der Waals surface area contributed by atoms with Gasteiger partial charge in [-0.3, -0.25) is 14.4 Å². The molecule has 1 heterocycles. The number of nitrogens with one attached hydrogen (secondary N) is 3. The topological polar surface area (TPSA) is 154 Å². The zero-order valence-electron chi connectivity index (χ0n) is 22.1. The predicted molar refractivity (Wildman–Crippen MR) is 137 cm³/mol. The molecule has 2 amide bonds. The van der Waals surface area contributed by atoms with E-state index in [-0.39, 0.29) is 38.5 Å². The van der Waals surface area contributed by atoms with Gasteiger partial charge < -0.3 is 20.5 Å². The largest absolute Gasteiger partial charge is 0.481 e. The maximum Gasteiger partial charge on any atom is 0.304 e. The predicted octanol–water partition coefficient (Wildman–Crippen LogP) is 1.64. The van der Waals surface area contributed by atoms with Crippen molar-refractivity contribution < 1.29 is 32.6 Å². The molecule has 0 spiro atoms. The fourth-order valence-electron chi connectivity index (χ4n) is 4.04. The summed E-state index contributed by atoms with van der Waals surface area (Å²) in [6, 6.07) is -0.848. The van der Waals surface area contributed by atoms with E-state index in [1.807, 2.05) is 0 Å². The van der Waals surface area contributed by atoms with Gasteiger partial charge in [-0.15, -0.1) is 0 Å². The minimum atomic E-state index is -3.65. The van der Waals surface area contributed by atoms with Crippen LogP contribution < -0.4 is 15.4 Å². The zero-order chi connectivity index (χ0) is 27.0. The number of hydrogen-bond donors (Lipinski definition) is 4. The number of carboxylic acid groups (broad SMARTS) is 1. The zero-order valence-corrected chi connectivity index (χ0v) is 22.9. The van der Waals surface area contributed by atoms with E-state index in [9.17, 15) is 27.9 Å². The molecule has 0 aromatic carbocycles. The lowest BCUT2D eigenvalue weighted by molar-refractivity contribution is -0.141. The van der Waals surface area contributed by atoms with Gasteiger partial charge in [0.1, 0.15) is 6.04 Å². The van der Waals surface area contributed by atoms with Crippen molar-refractivity contribution >= 4 is 28.0 Å². The summed E-state index contributed by atoms with van der Waals surface area (Å²) in [5, 5.41) is 14.6. The summed E-state index contributed by atoms with van der Waals surface area (Å²) in [6.45, 7) is 7.03. The van der Waals surface area contributed by atoms with Crippen LogP contribution in [0.2, 0.25) is 0 Å². The maximum absolute atomic E-state index is 12.9. The summed E-state index contributed by atoms with van der Waals surface area (Å²) in [5.74, 6) is -2.86. The Morgan fingerprint density at radius 1 is 0.944 bits per heavy atom. The second-order valence-electron chi connectivity index (χ2n) is 9.64. The van der Waals surface area contributed by atoms with Crippen molar-refractivity contribution in [2.24, 2.45) is 11.8 Å². The molecule has 1 aliphatic heterocycles. The van der Waals surface area contributed by atoms with E-state index in [0.29, 0.717) is 19.6 Å². The molecule has 0 radical (unpaired) electrons. The molecule has 4 N–H and O–H groups in total. The highest BCUT2D eigenvalue weighted by Gasteiger charge is 2.29. The van der Waals surface area contributed by atoms with Gasteiger partial charge in [-0.05, 0) is 12.3 Å². The molecule has 1 rings (SSSR count). The standard InChI is InChI=1S/C24H46N4O7S/c1-4-5-6-7-8-9-10-11-20(18-21(29)30)23(31)27-22(19(2)3)24(32)25-12-13-26-36(33,34)28-14-16-35-17-15-28/h19-20,22,26H,4-18H2,1-3H3,(H,25,32)(H,27,31)(H,29,30)/t20-,22-/m1/s1. The van der Waals surface area contributed by atoms with E-state index in [4.69, 9.17) is 4.74 Å².